The van der Waals surface area contributed by atoms with Crippen LogP contribution in [0.1, 0.15) is 11.3 Å². The van der Waals surface area contributed by atoms with E-state index >= 15 is 0 Å². The predicted molar refractivity (Wildman–Crippen MR) is 104 cm³/mol. The second kappa shape index (κ2) is 6.98. The maximum absolute atomic E-state index is 13.3. The minimum absolute atomic E-state index is 0.0996. The predicted octanol–water partition coefficient (Wildman–Crippen LogP) is 1.56. The monoisotopic (exact) mass is 408 g/mol. The molecule has 2 amide bonds. The normalized spacial score (nSPS) is 28.8. The average molecular weight is 408 g/mol. The molecule has 2 aromatic rings. The molecule has 4 heterocycles. The van der Waals surface area contributed by atoms with Gasteiger partial charge in [0.25, 0.3) is 0 Å². The van der Waals surface area contributed by atoms with Gasteiger partial charge in [-0.05, 0) is 17.7 Å². The third kappa shape index (κ3) is 2.99. The van der Waals surface area contributed by atoms with E-state index in [9.17, 15) is 14.0 Å². The molecule has 0 N–H and O–H groups in total. The lowest BCUT2D eigenvalue weighted by Gasteiger charge is -2.27. The molecule has 0 radical (unpaired) electrons. The zero-order valence-corrected chi connectivity index (χ0v) is 16.4. The fourth-order valence-electron chi connectivity index (χ4n) is 4.79. The number of rotatable bonds is 5. The van der Waals surface area contributed by atoms with Crippen LogP contribution in [0.15, 0.2) is 55.0 Å². The zero-order valence-electron chi connectivity index (χ0n) is 16.4. The zero-order chi connectivity index (χ0) is 20.9. The van der Waals surface area contributed by atoms with Crippen molar-refractivity contribution in [3.8, 4) is 0 Å². The lowest BCUT2D eigenvalue weighted by atomic mass is 9.76. The number of ether oxygens (including phenoxy) is 1. The first-order valence-electron chi connectivity index (χ1n) is 9.87. The molecule has 30 heavy (non-hydrogen) atoms. The van der Waals surface area contributed by atoms with Crippen molar-refractivity contribution in [2.24, 2.45) is 11.8 Å². The highest BCUT2D eigenvalue weighted by Crippen LogP contribution is 2.52. The number of aromatic nitrogens is 2. The van der Waals surface area contributed by atoms with E-state index in [1.807, 2.05) is 12.2 Å². The molecule has 1 aromatic carbocycles. The van der Waals surface area contributed by atoms with Crippen molar-refractivity contribution in [3.63, 3.8) is 0 Å². The average Bonchev–Trinajstić information content (AvgIpc) is 3.38. The maximum Gasteiger partial charge on any atom is 0.230 e. The summed E-state index contributed by atoms with van der Waals surface area (Å²) in [4.78, 5) is 38.1. The van der Waals surface area contributed by atoms with Crippen molar-refractivity contribution in [2.45, 2.75) is 24.8 Å². The van der Waals surface area contributed by atoms with E-state index in [1.165, 1.54) is 12.1 Å². The molecule has 4 atom stereocenters. The third-order valence-corrected chi connectivity index (χ3v) is 6.14. The Morgan fingerprint density at radius 3 is 2.87 bits per heavy atom. The SMILES string of the molecule is CN(Cc1cnccn1)C(=O)C1C2C(=O)N(Cc3ccc(F)cc3)C[C@@]23C=C[C@@H]1O3. The van der Waals surface area contributed by atoms with Crippen LogP contribution in [-0.4, -0.2) is 56.9 Å². The summed E-state index contributed by atoms with van der Waals surface area (Å²) in [5.41, 5.74) is 0.746. The molecule has 154 valence electrons. The first-order valence-corrected chi connectivity index (χ1v) is 9.87. The molecule has 7 nitrogen and oxygen atoms in total. The summed E-state index contributed by atoms with van der Waals surface area (Å²) in [5, 5.41) is 0. The Kier molecular flexibility index (Phi) is 4.39. The largest absolute Gasteiger partial charge is 0.360 e. The Morgan fingerprint density at radius 2 is 2.13 bits per heavy atom. The Bertz CT molecular complexity index is 1010. The summed E-state index contributed by atoms with van der Waals surface area (Å²) < 4.78 is 19.4. The molecule has 5 rings (SSSR count). The molecular weight excluding hydrogens is 387 g/mol. The number of likely N-dealkylation sites (tertiary alicyclic amines) is 1. The Balaban J connectivity index is 1.35. The maximum atomic E-state index is 13.3. The van der Waals surface area contributed by atoms with Crippen LogP contribution in [0.4, 0.5) is 4.39 Å². The van der Waals surface area contributed by atoms with Crippen LogP contribution < -0.4 is 0 Å². The van der Waals surface area contributed by atoms with E-state index in [2.05, 4.69) is 9.97 Å². The van der Waals surface area contributed by atoms with Crippen molar-refractivity contribution in [1.82, 2.24) is 19.8 Å². The van der Waals surface area contributed by atoms with Crippen molar-refractivity contribution >= 4 is 11.8 Å². The van der Waals surface area contributed by atoms with Crippen molar-refractivity contribution < 1.29 is 18.7 Å². The van der Waals surface area contributed by atoms with E-state index in [1.54, 1.807) is 47.6 Å². The number of hydrogen-bond donors (Lipinski definition) is 0. The van der Waals surface area contributed by atoms with Crippen molar-refractivity contribution in [2.75, 3.05) is 13.6 Å². The number of carbonyl (C=O) groups is 2. The highest BCUT2D eigenvalue weighted by molar-refractivity contribution is 5.93. The van der Waals surface area contributed by atoms with Gasteiger partial charge in [-0.1, -0.05) is 24.3 Å². The standard InChI is InChI=1S/C22H21FN4O3/c1-26(12-16-10-24-8-9-25-16)20(28)18-17-6-7-22(30-17)13-27(21(29)19(18)22)11-14-2-4-15(23)5-3-14/h2-10,17-19H,11-13H2,1H3/t17-,18?,19?,22-/m0/s1. The molecule has 2 unspecified atom stereocenters. The van der Waals surface area contributed by atoms with Gasteiger partial charge in [-0.3, -0.25) is 19.6 Å². The number of fused-ring (bicyclic) bond motifs is 1. The van der Waals surface area contributed by atoms with Crippen molar-refractivity contribution in [3.05, 3.63) is 72.1 Å². The molecule has 3 aliphatic rings. The first-order chi connectivity index (χ1) is 14.5. The lowest BCUT2D eigenvalue weighted by Crippen LogP contribution is -2.44. The summed E-state index contributed by atoms with van der Waals surface area (Å²) in [6, 6.07) is 6.09. The Morgan fingerprint density at radius 1 is 1.33 bits per heavy atom. The second-order valence-corrected chi connectivity index (χ2v) is 8.11. The van der Waals surface area contributed by atoms with Crippen LogP contribution in [-0.2, 0) is 27.4 Å². The van der Waals surface area contributed by atoms with E-state index in [-0.39, 0.29) is 17.6 Å². The van der Waals surface area contributed by atoms with Gasteiger partial charge in [0, 0.05) is 26.0 Å². The molecule has 0 aliphatic carbocycles. The van der Waals surface area contributed by atoms with E-state index in [4.69, 9.17) is 4.74 Å². The fraction of sp³-hybridized carbons (Fsp3) is 0.364. The molecular formula is C22H21FN4O3. The highest BCUT2D eigenvalue weighted by Gasteiger charge is 2.67. The highest BCUT2D eigenvalue weighted by atomic mass is 19.1. The van der Waals surface area contributed by atoms with Crippen LogP contribution in [0.25, 0.3) is 0 Å². The van der Waals surface area contributed by atoms with E-state index in [0.717, 1.165) is 5.56 Å². The molecule has 0 saturated carbocycles. The van der Waals surface area contributed by atoms with Gasteiger partial charge in [0.1, 0.15) is 11.4 Å². The van der Waals surface area contributed by atoms with Gasteiger partial charge in [0.15, 0.2) is 0 Å². The third-order valence-electron chi connectivity index (χ3n) is 6.14. The van der Waals surface area contributed by atoms with Gasteiger partial charge in [0.05, 0.1) is 42.9 Å². The molecule has 3 aliphatic heterocycles. The molecule has 8 heteroatoms. The molecule has 2 fully saturated rings. The summed E-state index contributed by atoms with van der Waals surface area (Å²) in [6.07, 6.45) is 8.20. The number of benzene rings is 1. The number of nitrogens with zero attached hydrogens (tertiary/aromatic N) is 4. The molecule has 1 spiro atoms. The molecule has 2 saturated heterocycles. The van der Waals surface area contributed by atoms with Crippen LogP contribution in [0.2, 0.25) is 0 Å². The summed E-state index contributed by atoms with van der Waals surface area (Å²) in [7, 11) is 1.70. The van der Waals surface area contributed by atoms with Crippen LogP contribution in [0, 0.1) is 17.7 Å². The van der Waals surface area contributed by atoms with Gasteiger partial charge < -0.3 is 14.5 Å². The number of halogens is 1. The molecule has 2 bridgehead atoms. The van der Waals surface area contributed by atoms with Crippen LogP contribution in [0.5, 0.6) is 0 Å². The van der Waals surface area contributed by atoms with Gasteiger partial charge >= 0.3 is 0 Å². The first kappa shape index (κ1) is 18.9. The van der Waals surface area contributed by atoms with Gasteiger partial charge in [-0.15, -0.1) is 0 Å². The summed E-state index contributed by atoms with van der Waals surface area (Å²) in [6.45, 7) is 1.06. The van der Waals surface area contributed by atoms with Gasteiger partial charge in [0.2, 0.25) is 11.8 Å². The van der Waals surface area contributed by atoms with Crippen LogP contribution in [0.3, 0.4) is 0 Å². The van der Waals surface area contributed by atoms with Gasteiger partial charge in [-0.2, -0.15) is 0 Å². The quantitative estimate of drug-likeness (QED) is 0.702. The Hall–Kier alpha value is -3.13. The van der Waals surface area contributed by atoms with Crippen molar-refractivity contribution in [1.29, 1.82) is 0 Å². The minimum atomic E-state index is -0.768. The smallest absolute Gasteiger partial charge is 0.230 e. The van der Waals surface area contributed by atoms with Gasteiger partial charge in [-0.25, -0.2) is 4.39 Å². The molecule has 1 aromatic heterocycles. The summed E-state index contributed by atoms with van der Waals surface area (Å²) >= 11 is 0. The number of amides is 2. The summed E-state index contributed by atoms with van der Waals surface area (Å²) in [5.74, 6) is -1.67. The number of hydrogen-bond acceptors (Lipinski definition) is 5. The minimum Gasteiger partial charge on any atom is -0.360 e. The second-order valence-electron chi connectivity index (χ2n) is 8.11. The van der Waals surface area contributed by atoms with E-state index in [0.29, 0.717) is 25.3 Å². The lowest BCUT2D eigenvalue weighted by molar-refractivity contribution is -0.142. The van der Waals surface area contributed by atoms with Crippen LogP contribution >= 0.6 is 0 Å². The number of carbonyl (C=O) groups excluding carboxylic acids is 2. The van der Waals surface area contributed by atoms with E-state index < -0.39 is 23.5 Å². The Labute approximate surface area is 173 Å². The topological polar surface area (TPSA) is 75.6 Å². The fourth-order valence-corrected chi connectivity index (χ4v) is 4.79.